The number of likely N-dealkylation sites (tertiary alicyclic amines) is 1. The standard InChI is InChI=1S/C13H19NO/c1-11-2-4-12(5-3-11)8-14-9-13(10-14)6-7-15/h2-5,13,15H,6-10H2,1H3. The van der Waals surface area contributed by atoms with Crippen molar-refractivity contribution in [1.29, 1.82) is 0 Å². The smallest absolute Gasteiger partial charge is 0.0434 e. The molecule has 1 fully saturated rings. The predicted octanol–water partition coefficient (Wildman–Crippen LogP) is 1.81. The van der Waals surface area contributed by atoms with E-state index in [4.69, 9.17) is 5.11 Å². The van der Waals surface area contributed by atoms with Gasteiger partial charge >= 0.3 is 0 Å². The molecule has 0 radical (unpaired) electrons. The normalized spacial score (nSPS) is 17.7. The van der Waals surface area contributed by atoms with Gasteiger partial charge in [-0.05, 0) is 24.8 Å². The lowest BCUT2D eigenvalue weighted by Gasteiger charge is -2.39. The highest BCUT2D eigenvalue weighted by Crippen LogP contribution is 2.21. The summed E-state index contributed by atoms with van der Waals surface area (Å²) in [6.07, 6.45) is 0.963. The average Bonchev–Trinajstić information content (AvgIpc) is 2.18. The van der Waals surface area contributed by atoms with Crippen LogP contribution in [0.4, 0.5) is 0 Å². The largest absolute Gasteiger partial charge is 0.396 e. The molecule has 1 heterocycles. The van der Waals surface area contributed by atoms with E-state index in [1.165, 1.54) is 11.1 Å². The minimum atomic E-state index is 0.336. The zero-order valence-electron chi connectivity index (χ0n) is 9.32. The van der Waals surface area contributed by atoms with Gasteiger partial charge < -0.3 is 5.11 Å². The first-order valence-electron chi connectivity index (χ1n) is 5.66. The van der Waals surface area contributed by atoms with Crippen molar-refractivity contribution >= 4 is 0 Å². The Hall–Kier alpha value is -0.860. The molecule has 0 amide bonds. The quantitative estimate of drug-likeness (QED) is 0.810. The van der Waals surface area contributed by atoms with Gasteiger partial charge in [0.2, 0.25) is 0 Å². The fourth-order valence-corrected chi connectivity index (χ4v) is 2.12. The second-order valence-corrected chi connectivity index (χ2v) is 4.56. The van der Waals surface area contributed by atoms with Crippen molar-refractivity contribution in [2.75, 3.05) is 19.7 Å². The maximum atomic E-state index is 8.79. The minimum Gasteiger partial charge on any atom is -0.396 e. The number of benzene rings is 1. The van der Waals surface area contributed by atoms with E-state index < -0.39 is 0 Å². The van der Waals surface area contributed by atoms with Gasteiger partial charge in [0.25, 0.3) is 0 Å². The number of aliphatic hydroxyl groups is 1. The third-order valence-corrected chi connectivity index (χ3v) is 3.10. The van der Waals surface area contributed by atoms with Gasteiger partial charge in [-0.15, -0.1) is 0 Å². The SMILES string of the molecule is Cc1ccc(CN2CC(CCO)C2)cc1. The molecule has 0 bridgehead atoms. The Balaban J connectivity index is 1.77. The molecule has 2 rings (SSSR count). The molecule has 0 aromatic heterocycles. The van der Waals surface area contributed by atoms with Crippen molar-refractivity contribution < 1.29 is 5.11 Å². The predicted molar refractivity (Wildman–Crippen MR) is 61.6 cm³/mol. The number of nitrogens with zero attached hydrogens (tertiary/aromatic N) is 1. The van der Waals surface area contributed by atoms with Gasteiger partial charge in [-0.3, -0.25) is 4.90 Å². The summed E-state index contributed by atoms with van der Waals surface area (Å²) in [7, 11) is 0. The lowest BCUT2D eigenvalue weighted by atomic mass is 9.96. The average molecular weight is 205 g/mol. The van der Waals surface area contributed by atoms with Crippen LogP contribution in [0.3, 0.4) is 0 Å². The van der Waals surface area contributed by atoms with Crippen LogP contribution in [0, 0.1) is 12.8 Å². The molecule has 1 aliphatic rings. The van der Waals surface area contributed by atoms with Gasteiger partial charge in [-0.25, -0.2) is 0 Å². The molecule has 0 unspecified atom stereocenters. The molecule has 0 saturated carbocycles. The number of aliphatic hydroxyl groups excluding tert-OH is 1. The summed E-state index contributed by atoms with van der Waals surface area (Å²) in [5.41, 5.74) is 2.71. The van der Waals surface area contributed by atoms with Crippen molar-refractivity contribution in [1.82, 2.24) is 4.90 Å². The van der Waals surface area contributed by atoms with E-state index >= 15 is 0 Å². The highest BCUT2D eigenvalue weighted by atomic mass is 16.3. The number of hydrogen-bond acceptors (Lipinski definition) is 2. The molecule has 82 valence electrons. The Kier molecular flexibility index (Phi) is 3.39. The summed E-state index contributed by atoms with van der Waals surface area (Å²) in [5, 5.41) is 8.79. The Morgan fingerprint density at radius 3 is 2.53 bits per heavy atom. The summed E-state index contributed by atoms with van der Waals surface area (Å²) in [4.78, 5) is 2.44. The van der Waals surface area contributed by atoms with Gasteiger partial charge in [0, 0.05) is 26.2 Å². The molecule has 1 N–H and O–H groups in total. The van der Waals surface area contributed by atoms with E-state index in [1.54, 1.807) is 0 Å². The van der Waals surface area contributed by atoms with Crippen molar-refractivity contribution in [2.24, 2.45) is 5.92 Å². The first kappa shape index (κ1) is 10.7. The molecule has 1 aromatic carbocycles. The van der Waals surface area contributed by atoms with E-state index in [0.717, 1.165) is 32.0 Å². The molecule has 0 aliphatic carbocycles. The van der Waals surface area contributed by atoms with Crippen LogP contribution in [-0.4, -0.2) is 29.7 Å². The van der Waals surface area contributed by atoms with Crippen LogP contribution in [0.1, 0.15) is 17.5 Å². The summed E-state index contributed by atoms with van der Waals surface area (Å²) in [6.45, 7) is 5.80. The summed E-state index contributed by atoms with van der Waals surface area (Å²) in [6, 6.07) is 8.74. The highest BCUT2D eigenvalue weighted by Gasteiger charge is 2.25. The summed E-state index contributed by atoms with van der Waals surface area (Å²) < 4.78 is 0. The molecular weight excluding hydrogens is 186 g/mol. The number of rotatable bonds is 4. The van der Waals surface area contributed by atoms with Crippen LogP contribution in [-0.2, 0) is 6.54 Å². The first-order valence-corrected chi connectivity index (χ1v) is 5.66. The van der Waals surface area contributed by atoms with Crippen LogP contribution >= 0.6 is 0 Å². The summed E-state index contributed by atoms with van der Waals surface area (Å²) >= 11 is 0. The molecule has 1 saturated heterocycles. The van der Waals surface area contributed by atoms with E-state index in [9.17, 15) is 0 Å². The van der Waals surface area contributed by atoms with Crippen molar-refractivity contribution in [3.8, 4) is 0 Å². The Labute approximate surface area is 91.5 Å². The highest BCUT2D eigenvalue weighted by molar-refractivity contribution is 5.21. The Bertz CT molecular complexity index is 301. The monoisotopic (exact) mass is 205 g/mol. The molecule has 15 heavy (non-hydrogen) atoms. The number of aryl methyl sites for hydroxylation is 1. The molecule has 0 spiro atoms. The van der Waals surface area contributed by atoms with E-state index in [1.807, 2.05) is 0 Å². The second-order valence-electron chi connectivity index (χ2n) is 4.56. The maximum absolute atomic E-state index is 8.79. The van der Waals surface area contributed by atoms with E-state index in [0.29, 0.717) is 6.61 Å². The van der Waals surface area contributed by atoms with Crippen LogP contribution in [0.15, 0.2) is 24.3 Å². The molecule has 0 atom stereocenters. The lowest BCUT2D eigenvalue weighted by Crippen LogP contribution is -2.46. The van der Waals surface area contributed by atoms with Crippen molar-refractivity contribution in [2.45, 2.75) is 19.9 Å². The van der Waals surface area contributed by atoms with Crippen molar-refractivity contribution in [3.63, 3.8) is 0 Å². The minimum absolute atomic E-state index is 0.336. The fraction of sp³-hybridized carbons (Fsp3) is 0.538. The van der Waals surface area contributed by atoms with Gasteiger partial charge in [-0.1, -0.05) is 29.8 Å². The van der Waals surface area contributed by atoms with Gasteiger partial charge in [-0.2, -0.15) is 0 Å². The molecule has 2 nitrogen and oxygen atoms in total. The third-order valence-electron chi connectivity index (χ3n) is 3.10. The molecular formula is C13H19NO. The topological polar surface area (TPSA) is 23.5 Å². The first-order chi connectivity index (χ1) is 7.28. The number of hydrogen-bond donors (Lipinski definition) is 1. The zero-order chi connectivity index (χ0) is 10.7. The van der Waals surface area contributed by atoms with Crippen LogP contribution in [0.25, 0.3) is 0 Å². The second kappa shape index (κ2) is 4.77. The van der Waals surface area contributed by atoms with Gasteiger partial charge in [0.05, 0.1) is 0 Å². The van der Waals surface area contributed by atoms with Gasteiger partial charge in [0.15, 0.2) is 0 Å². The van der Waals surface area contributed by atoms with Crippen LogP contribution in [0.5, 0.6) is 0 Å². The third kappa shape index (κ3) is 2.80. The molecule has 1 aromatic rings. The molecule has 2 heteroatoms. The lowest BCUT2D eigenvalue weighted by molar-refractivity contribution is 0.0723. The van der Waals surface area contributed by atoms with Crippen LogP contribution < -0.4 is 0 Å². The molecule has 1 aliphatic heterocycles. The van der Waals surface area contributed by atoms with E-state index in [-0.39, 0.29) is 0 Å². The van der Waals surface area contributed by atoms with E-state index in [2.05, 4.69) is 36.1 Å². The van der Waals surface area contributed by atoms with Crippen molar-refractivity contribution in [3.05, 3.63) is 35.4 Å². The Morgan fingerprint density at radius 2 is 1.93 bits per heavy atom. The van der Waals surface area contributed by atoms with Crippen LogP contribution in [0.2, 0.25) is 0 Å². The zero-order valence-corrected chi connectivity index (χ0v) is 9.32. The fourth-order valence-electron chi connectivity index (χ4n) is 2.12. The summed E-state index contributed by atoms with van der Waals surface area (Å²) in [5.74, 6) is 0.723. The van der Waals surface area contributed by atoms with Gasteiger partial charge in [0.1, 0.15) is 0 Å². The Morgan fingerprint density at radius 1 is 1.27 bits per heavy atom. The maximum Gasteiger partial charge on any atom is 0.0434 e.